The minimum atomic E-state index is -2.35. The van der Waals surface area contributed by atoms with Gasteiger partial charge in [0.05, 0.1) is 12.8 Å². The van der Waals surface area contributed by atoms with Crippen LogP contribution in [0.3, 0.4) is 0 Å². The zero-order valence-electron chi connectivity index (χ0n) is 12.9. The molecule has 0 atom stereocenters. The Labute approximate surface area is 156 Å². The van der Waals surface area contributed by atoms with Crippen molar-refractivity contribution in [3.63, 3.8) is 0 Å². The van der Waals surface area contributed by atoms with Crippen molar-refractivity contribution < 1.29 is 96.5 Å². The summed E-state index contributed by atoms with van der Waals surface area (Å²) in [6, 6.07) is 0. The summed E-state index contributed by atoms with van der Waals surface area (Å²) >= 11 is 0. The van der Waals surface area contributed by atoms with Gasteiger partial charge in [-0.25, -0.2) is 4.79 Å². The van der Waals surface area contributed by atoms with Crippen LogP contribution in [0.15, 0.2) is 0 Å². The van der Waals surface area contributed by atoms with E-state index in [0.717, 1.165) is 0 Å². The van der Waals surface area contributed by atoms with E-state index in [1.165, 1.54) is 0 Å². The van der Waals surface area contributed by atoms with Crippen molar-refractivity contribution >= 4 is 17.9 Å². The number of hydrogen-bond donors (Lipinski definition) is 5. The van der Waals surface area contributed by atoms with Gasteiger partial charge in [-0.3, -0.25) is 14.4 Å². The number of carboxylic acids is 3. The maximum Gasteiger partial charge on any atom is 1.00 e. The molecular weight excluding hydrogens is 282 g/mol. The van der Waals surface area contributed by atoms with E-state index in [9.17, 15) is 14.4 Å². The molecule has 0 saturated carbocycles. The van der Waals surface area contributed by atoms with Crippen molar-refractivity contribution in [3.05, 3.63) is 0 Å². The molecule has 0 spiro atoms. The fourth-order valence-corrected chi connectivity index (χ4v) is 1.07. The molecule has 0 aliphatic carbocycles. The molecule has 0 aromatic rings. The molecule has 0 aliphatic rings. The van der Waals surface area contributed by atoms with Crippen LogP contribution in [0.25, 0.3) is 0 Å². The average Bonchev–Trinajstić information content (AvgIpc) is 2.15. The predicted octanol–water partition coefficient (Wildman–Crippen LogP) is -7.53. The third kappa shape index (κ3) is 9.77. The molecule has 11 heteroatoms. The van der Waals surface area contributed by atoms with Gasteiger partial charge in [-0.2, -0.15) is 5.48 Å². The van der Waals surface area contributed by atoms with E-state index in [0.29, 0.717) is 0 Å². The fraction of sp³-hybridized carbons (Fsp3) is 0.625. The summed E-state index contributed by atoms with van der Waals surface area (Å²) in [6.07, 6.45) is -1.96. The van der Waals surface area contributed by atoms with Crippen LogP contribution in [-0.2, 0) is 19.2 Å². The Bertz CT molecular complexity index is 307. The van der Waals surface area contributed by atoms with Crippen LogP contribution >= 0.6 is 0 Å². The summed E-state index contributed by atoms with van der Waals surface area (Å²) in [5.41, 5.74) is 4.90. The van der Waals surface area contributed by atoms with Gasteiger partial charge in [-0.05, 0) is 0 Å². The number of rotatable bonds is 9. The van der Waals surface area contributed by atoms with Crippen LogP contribution in [-0.4, -0.2) is 51.9 Å². The summed E-state index contributed by atoms with van der Waals surface area (Å²) in [7, 11) is 0. The third-order valence-electron chi connectivity index (χ3n) is 1.78. The third-order valence-corrected chi connectivity index (χ3v) is 1.78. The minimum Gasteiger partial charge on any atom is -1.00 e. The predicted molar refractivity (Wildman–Crippen MR) is 55.2 cm³/mol. The number of nitrogens with two attached hydrogens (primary N) is 1. The minimum absolute atomic E-state index is 0. The van der Waals surface area contributed by atoms with Crippen LogP contribution in [0.2, 0.25) is 0 Å². The molecule has 0 heterocycles. The Morgan fingerprint density at radius 2 is 1.53 bits per heavy atom. The molecule has 102 valence electrons. The maximum atomic E-state index is 11.0. The molecule has 0 saturated heterocycles. The second-order valence-electron chi connectivity index (χ2n) is 3.23. The van der Waals surface area contributed by atoms with Crippen molar-refractivity contribution in [2.75, 3.05) is 13.1 Å². The van der Waals surface area contributed by atoms with Crippen molar-refractivity contribution in [1.82, 2.24) is 5.48 Å². The van der Waals surface area contributed by atoms with Crippen LogP contribution in [0.5, 0.6) is 0 Å². The van der Waals surface area contributed by atoms with E-state index in [-0.39, 0.29) is 75.1 Å². The van der Waals surface area contributed by atoms with Crippen molar-refractivity contribution in [2.45, 2.75) is 18.4 Å². The Morgan fingerprint density at radius 1 is 1.11 bits per heavy atom. The van der Waals surface area contributed by atoms with Crippen LogP contribution in [0.1, 0.15) is 15.7 Å². The van der Waals surface area contributed by atoms with E-state index in [1.807, 2.05) is 0 Å². The molecule has 19 heavy (non-hydrogen) atoms. The summed E-state index contributed by atoms with van der Waals surface area (Å²) in [4.78, 5) is 36.7. The largest absolute Gasteiger partial charge is 1.00 e. The Balaban J connectivity index is -0.000000213. The topological polar surface area (TPSA) is 159 Å². The average molecular weight is 298 g/mol. The Hall–Kier alpha value is 0.290. The number of carboxylic acid groups (broad SMARTS) is 3. The molecular formula is C8H16N2Na2O7. The molecule has 0 rings (SSSR count). The molecule has 0 amide bonds. The van der Waals surface area contributed by atoms with E-state index < -0.39 is 36.4 Å². The standard InChI is InChI=1S/C8H14N2O7.2Na.2H/c9-1-2-10-17-8(7(15)16,3-5(11)12)4-6(13)14;;;;/h10H,1-4,9H2,(H,11,12)(H,13,14)(H,15,16);;;;/q;2*+1;2*-1. The SMILES string of the molecule is NCCNOC(CC(=O)O)(CC(=O)O)C(=O)O.[H-].[H-].[Na+].[Na+]. The number of aliphatic carboxylic acids is 3. The van der Waals surface area contributed by atoms with Crippen molar-refractivity contribution in [2.24, 2.45) is 5.73 Å². The maximum absolute atomic E-state index is 11.0. The molecule has 0 unspecified atom stereocenters. The fourth-order valence-electron chi connectivity index (χ4n) is 1.07. The number of carbonyl (C=O) groups is 3. The van der Waals surface area contributed by atoms with Gasteiger partial charge >= 0.3 is 77.0 Å². The van der Waals surface area contributed by atoms with E-state index in [2.05, 4.69) is 10.3 Å². The molecule has 0 fully saturated rings. The van der Waals surface area contributed by atoms with Gasteiger partial charge in [0, 0.05) is 13.1 Å². The zero-order chi connectivity index (χ0) is 13.5. The zero-order valence-corrected chi connectivity index (χ0v) is 14.9. The number of hydrogen-bond acceptors (Lipinski definition) is 6. The van der Waals surface area contributed by atoms with Gasteiger partial charge in [0.2, 0.25) is 5.60 Å². The molecule has 0 aromatic heterocycles. The summed E-state index contributed by atoms with van der Waals surface area (Å²) in [6.45, 7) is 0.185. The van der Waals surface area contributed by atoms with Crippen LogP contribution in [0, 0.1) is 0 Å². The van der Waals surface area contributed by atoms with E-state index in [4.69, 9.17) is 21.1 Å². The molecule has 0 aliphatic heterocycles. The number of hydroxylamine groups is 1. The summed E-state index contributed by atoms with van der Waals surface area (Å²) < 4.78 is 0. The van der Waals surface area contributed by atoms with Gasteiger partial charge in [-0.15, -0.1) is 0 Å². The normalized spacial score (nSPS) is 9.95. The van der Waals surface area contributed by atoms with Gasteiger partial charge in [0.25, 0.3) is 0 Å². The quantitative estimate of drug-likeness (QED) is 0.158. The molecule has 6 N–H and O–H groups in total. The van der Waals surface area contributed by atoms with Gasteiger partial charge < -0.3 is 23.9 Å². The van der Waals surface area contributed by atoms with Gasteiger partial charge in [0.1, 0.15) is 0 Å². The second-order valence-corrected chi connectivity index (χ2v) is 3.23. The second kappa shape index (κ2) is 12.1. The van der Waals surface area contributed by atoms with E-state index >= 15 is 0 Å². The molecule has 9 nitrogen and oxygen atoms in total. The van der Waals surface area contributed by atoms with Crippen LogP contribution < -0.4 is 70.3 Å². The first-order valence-electron chi connectivity index (χ1n) is 4.62. The summed E-state index contributed by atoms with van der Waals surface area (Å²) in [5.74, 6) is -4.64. The first kappa shape index (κ1) is 24.3. The number of nitrogens with one attached hydrogen (secondary N) is 1. The van der Waals surface area contributed by atoms with Crippen molar-refractivity contribution in [3.8, 4) is 0 Å². The smallest absolute Gasteiger partial charge is 1.00 e. The van der Waals surface area contributed by atoms with Gasteiger partial charge in [0.15, 0.2) is 0 Å². The molecule has 0 bridgehead atoms. The van der Waals surface area contributed by atoms with Gasteiger partial charge in [-0.1, -0.05) is 0 Å². The first-order valence-corrected chi connectivity index (χ1v) is 4.62. The first-order chi connectivity index (χ1) is 7.84. The molecule has 0 radical (unpaired) electrons. The Morgan fingerprint density at radius 3 is 1.79 bits per heavy atom. The summed E-state index contributed by atoms with van der Waals surface area (Å²) in [5, 5.41) is 26.1. The van der Waals surface area contributed by atoms with E-state index in [1.54, 1.807) is 0 Å². The van der Waals surface area contributed by atoms with Crippen LogP contribution in [0.4, 0.5) is 0 Å². The Kier molecular flexibility index (Phi) is 15.4. The van der Waals surface area contributed by atoms with Crippen molar-refractivity contribution in [1.29, 1.82) is 0 Å². The molecule has 0 aromatic carbocycles. The monoisotopic (exact) mass is 298 g/mol.